The zero-order valence-electron chi connectivity index (χ0n) is 13.4. The molecule has 2 N–H and O–H groups in total. The SMILES string of the molecule is C=CC(=O)N(CC(=O)N[C@@H](Cc1ccccc1)C(=O)O)c1ccco1. The van der Waals surface area contributed by atoms with E-state index < -0.39 is 23.8 Å². The Morgan fingerprint density at radius 3 is 2.48 bits per heavy atom. The first-order valence-corrected chi connectivity index (χ1v) is 7.54. The van der Waals surface area contributed by atoms with Gasteiger partial charge in [0.1, 0.15) is 12.6 Å². The zero-order valence-corrected chi connectivity index (χ0v) is 13.4. The number of hydrogen-bond acceptors (Lipinski definition) is 4. The van der Waals surface area contributed by atoms with Crippen LogP contribution in [-0.4, -0.2) is 35.5 Å². The second-order valence-electron chi connectivity index (χ2n) is 5.23. The van der Waals surface area contributed by atoms with Gasteiger partial charge in [-0.3, -0.25) is 14.5 Å². The molecule has 0 aliphatic heterocycles. The highest BCUT2D eigenvalue weighted by Crippen LogP contribution is 2.14. The van der Waals surface area contributed by atoms with Crippen molar-refractivity contribution in [3.05, 3.63) is 66.9 Å². The van der Waals surface area contributed by atoms with Crippen LogP contribution in [0.3, 0.4) is 0 Å². The number of benzene rings is 1. The lowest BCUT2D eigenvalue weighted by Gasteiger charge is -2.20. The molecule has 130 valence electrons. The summed E-state index contributed by atoms with van der Waals surface area (Å²) in [5.41, 5.74) is 0.778. The number of amides is 2. The van der Waals surface area contributed by atoms with E-state index in [0.717, 1.165) is 16.5 Å². The zero-order chi connectivity index (χ0) is 18.2. The second-order valence-corrected chi connectivity index (χ2v) is 5.23. The van der Waals surface area contributed by atoms with Crippen molar-refractivity contribution in [1.82, 2.24) is 5.32 Å². The summed E-state index contributed by atoms with van der Waals surface area (Å²) in [5.74, 6) is -2.12. The molecule has 0 spiro atoms. The van der Waals surface area contributed by atoms with Crippen molar-refractivity contribution in [3.63, 3.8) is 0 Å². The number of nitrogens with zero attached hydrogens (tertiary/aromatic N) is 1. The van der Waals surface area contributed by atoms with Crippen LogP contribution in [0, 0.1) is 0 Å². The lowest BCUT2D eigenvalue weighted by Crippen LogP contribution is -2.47. The maximum atomic E-state index is 12.2. The third kappa shape index (κ3) is 5.07. The Morgan fingerprint density at radius 2 is 1.92 bits per heavy atom. The van der Waals surface area contributed by atoms with Gasteiger partial charge in [0.05, 0.1) is 6.26 Å². The standard InChI is InChI=1S/C18H18N2O5/c1-2-16(22)20(17-9-6-10-25-17)12-15(21)19-14(18(23)24)11-13-7-4-3-5-8-13/h2-10,14H,1,11-12H2,(H,19,21)(H,23,24)/t14-/m0/s1. The minimum atomic E-state index is -1.16. The molecule has 0 radical (unpaired) electrons. The molecule has 1 heterocycles. The van der Waals surface area contributed by atoms with Crippen LogP contribution in [0.4, 0.5) is 5.88 Å². The highest BCUT2D eigenvalue weighted by molar-refractivity contribution is 6.04. The molecule has 25 heavy (non-hydrogen) atoms. The fourth-order valence-corrected chi connectivity index (χ4v) is 2.23. The van der Waals surface area contributed by atoms with E-state index in [9.17, 15) is 19.5 Å². The summed E-state index contributed by atoms with van der Waals surface area (Å²) in [6.45, 7) is 3.01. The number of carboxylic acid groups (broad SMARTS) is 1. The summed E-state index contributed by atoms with van der Waals surface area (Å²) in [4.78, 5) is 36.6. The summed E-state index contributed by atoms with van der Waals surface area (Å²) in [6, 6.07) is 10.9. The van der Waals surface area contributed by atoms with Crippen LogP contribution in [0.2, 0.25) is 0 Å². The molecule has 1 aromatic heterocycles. The van der Waals surface area contributed by atoms with Crippen LogP contribution < -0.4 is 10.2 Å². The van der Waals surface area contributed by atoms with Crippen LogP contribution >= 0.6 is 0 Å². The summed E-state index contributed by atoms with van der Waals surface area (Å²) < 4.78 is 5.13. The molecule has 7 heteroatoms. The van der Waals surface area contributed by atoms with Crippen LogP contribution in [0.25, 0.3) is 0 Å². The first kappa shape index (κ1) is 18.0. The molecular weight excluding hydrogens is 324 g/mol. The Morgan fingerprint density at radius 1 is 1.20 bits per heavy atom. The minimum Gasteiger partial charge on any atom is -0.480 e. The Hall–Kier alpha value is -3.35. The molecule has 2 aromatic rings. The molecule has 0 bridgehead atoms. The van der Waals surface area contributed by atoms with Gasteiger partial charge >= 0.3 is 5.97 Å². The molecule has 0 saturated carbocycles. The maximum absolute atomic E-state index is 12.2. The number of carbonyl (C=O) groups excluding carboxylic acids is 2. The average Bonchev–Trinajstić information content (AvgIpc) is 3.13. The smallest absolute Gasteiger partial charge is 0.326 e. The fourth-order valence-electron chi connectivity index (χ4n) is 2.23. The predicted octanol–water partition coefficient (Wildman–Crippen LogP) is 1.61. The number of anilines is 1. The number of carboxylic acids is 1. The Kier molecular flexibility index (Phi) is 6.11. The van der Waals surface area contributed by atoms with E-state index in [1.54, 1.807) is 30.3 Å². The van der Waals surface area contributed by atoms with Crippen molar-refractivity contribution in [2.45, 2.75) is 12.5 Å². The monoisotopic (exact) mass is 342 g/mol. The molecule has 2 rings (SSSR count). The normalized spacial score (nSPS) is 11.4. The number of nitrogens with one attached hydrogen (secondary N) is 1. The van der Waals surface area contributed by atoms with Gasteiger partial charge in [-0.05, 0) is 17.7 Å². The van der Waals surface area contributed by atoms with Crippen LogP contribution in [0.5, 0.6) is 0 Å². The van der Waals surface area contributed by atoms with E-state index in [-0.39, 0.29) is 18.8 Å². The summed E-state index contributed by atoms with van der Waals surface area (Å²) in [6.07, 6.45) is 2.55. The average molecular weight is 342 g/mol. The van der Waals surface area contributed by atoms with Gasteiger partial charge < -0.3 is 14.8 Å². The summed E-state index contributed by atoms with van der Waals surface area (Å²) in [5, 5.41) is 11.8. The van der Waals surface area contributed by atoms with Gasteiger partial charge in [0, 0.05) is 12.5 Å². The third-order valence-electron chi connectivity index (χ3n) is 3.43. The highest BCUT2D eigenvalue weighted by atomic mass is 16.4. The van der Waals surface area contributed by atoms with Crippen molar-refractivity contribution in [2.24, 2.45) is 0 Å². The van der Waals surface area contributed by atoms with Gasteiger partial charge in [-0.2, -0.15) is 0 Å². The number of carbonyl (C=O) groups is 3. The van der Waals surface area contributed by atoms with Crippen molar-refractivity contribution < 1.29 is 23.9 Å². The van der Waals surface area contributed by atoms with Gasteiger partial charge in [0.2, 0.25) is 11.8 Å². The van der Waals surface area contributed by atoms with E-state index in [0.29, 0.717) is 0 Å². The minimum absolute atomic E-state index is 0.137. The molecule has 1 aromatic carbocycles. The van der Waals surface area contributed by atoms with Crippen molar-refractivity contribution in [3.8, 4) is 0 Å². The van der Waals surface area contributed by atoms with Crippen molar-refractivity contribution in [2.75, 3.05) is 11.4 Å². The van der Waals surface area contributed by atoms with Gasteiger partial charge in [-0.25, -0.2) is 4.79 Å². The molecule has 0 aliphatic carbocycles. The largest absolute Gasteiger partial charge is 0.480 e. The Balaban J connectivity index is 2.05. The van der Waals surface area contributed by atoms with Crippen LogP contribution in [0.15, 0.2) is 65.8 Å². The quantitative estimate of drug-likeness (QED) is 0.710. The van der Waals surface area contributed by atoms with Gasteiger partial charge in [0.25, 0.3) is 5.91 Å². The van der Waals surface area contributed by atoms with Gasteiger partial charge in [0.15, 0.2) is 0 Å². The number of rotatable bonds is 8. The second kappa shape index (κ2) is 8.49. The number of furan rings is 1. The molecule has 0 unspecified atom stereocenters. The molecule has 0 saturated heterocycles. The number of hydrogen-bond donors (Lipinski definition) is 2. The van der Waals surface area contributed by atoms with Gasteiger partial charge in [-0.1, -0.05) is 36.9 Å². The number of aliphatic carboxylic acids is 1. The van der Waals surface area contributed by atoms with E-state index in [4.69, 9.17) is 4.42 Å². The van der Waals surface area contributed by atoms with Gasteiger partial charge in [-0.15, -0.1) is 0 Å². The molecule has 0 fully saturated rings. The van der Waals surface area contributed by atoms with E-state index in [1.807, 2.05) is 6.07 Å². The highest BCUT2D eigenvalue weighted by Gasteiger charge is 2.24. The topological polar surface area (TPSA) is 99.9 Å². The molecule has 2 amide bonds. The maximum Gasteiger partial charge on any atom is 0.326 e. The van der Waals surface area contributed by atoms with Crippen LogP contribution in [-0.2, 0) is 20.8 Å². The fraction of sp³-hybridized carbons (Fsp3) is 0.167. The van der Waals surface area contributed by atoms with Crippen molar-refractivity contribution in [1.29, 1.82) is 0 Å². The lowest BCUT2D eigenvalue weighted by molar-refractivity contribution is -0.141. The first-order valence-electron chi connectivity index (χ1n) is 7.54. The Bertz CT molecular complexity index is 740. The lowest BCUT2D eigenvalue weighted by atomic mass is 10.1. The van der Waals surface area contributed by atoms with Crippen LogP contribution in [0.1, 0.15) is 5.56 Å². The predicted molar refractivity (Wildman–Crippen MR) is 91.0 cm³/mol. The summed E-state index contributed by atoms with van der Waals surface area (Å²) in [7, 11) is 0. The molecule has 7 nitrogen and oxygen atoms in total. The molecule has 1 atom stereocenters. The Labute approximate surface area is 144 Å². The first-order chi connectivity index (χ1) is 12.0. The summed E-state index contributed by atoms with van der Waals surface area (Å²) >= 11 is 0. The van der Waals surface area contributed by atoms with Crippen molar-refractivity contribution >= 4 is 23.7 Å². The van der Waals surface area contributed by atoms with E-state index >= 15 is 0 Å². The van der Waals surface area contributed by atoms with E-state index in [2.05, 4.69) is 11.9 Å². The molecular formula is C18H18N2O5. The molecule has 0 aliphatic rings. The third-order valence-corrected chi connectivity index (χ3v) is 3.43. The van der Waals surface area contributed by atoms with E-state index in [1.165, 1.54) is 12.3 Å².